The van der Waals surface area contributed by atoms with Crippen LogP contribution in [0, 0.1) is 0 Å². The lowest BCUT2D eigenvalue weighted by Gasteiger charge is -2.17. The van der Waals surface area contributed by atoms with Gasteiger partial charge >= 0.3 is 0 Å². The molecule has 0 unspecified atom stereocenters. The number of rotatable bonds is 4. The summed E-state index contributed by atoms with van der Waals surface area (Å²) in [5.74, 6) is -0.00265. The van der Waals surface area contributed by atoms with E-state index >= 15 is 0 Å². The molecule has 0 radical (unpaired) electrons. The molecule has 0 bridgehead atoms. The summed E-state index contributed by atoms with van der Waals surface area (Å²) in [4.78, 5) is 12.1. The molecule has 0 aliphatic carbocycles. The molecule has 114 valence electrons. The molecule has 22 heavy (non-hydrogen) atoms. The summed E-state index contributed by atoms with van der Waals surface area (Å²) < 4.78 is 5.42. The Kier molecular flexibility index (Phi) is 4.54. The molecule has 2 aromatic rings. The van der Waals surface area contributed by atoms with E-state index in [-0.39, 0.29) is 18.1 Å². The van der Waals surface area contributed by atoms with Gasteiger partial charge in [0.25, 0.3) is 0 Å². The van der Waals surface area contributed by atoms with Crippen LogP contribution in [0.15, 0.2) is 54.6 Å². The van der Waals surface area contributed by atoms with E-state index in [1.54, 1.807) is 0 Å². The van der Waals surface area contributed by atoms with E-state index in [0.29, 0.717) is 6.61 Å². The zero-order chi connectivity index (χ0) is 15.4. The third kappa shape index (κ3) is 3.37. The van der Waals surface area contributed by atoms with Gasteiger partial charge in [0.05, 0.1) is 6.04 Å². The first-order chi connectivity index (χ1) is 10.7. The Bertz CT molecular complexity index is 616. The Balaban J connectivity index is 1.66. The van der Waals surface area contributed by atoms with E-state index in [0.717, 1.165) is 18.4 Å². The van der Waals surface area contributed by atoms with Crippen LogP contribution in [-0.2, 0) is 9.53 Å². The second-order valence-electron chi connectivity index (χ2n) is 5.72. The number of nitrogens with one attached hydrogen (secondary N) is 1. The summed E-state index contributed by atoms with van der Waals surface area (Å²) >= 11 is 0. The van der Waals surface area contributed by atoms with Crippen LogP contribution in [0.4, 0.5) is 0 Å². The van der Waals surface area contributed by atoms with Crippen molar-refractivity contribution in [3.05, 3.63) is 60.2 Å². The Morgan fingerprint density at radius 3 is 2.41 bits per heavy atom. The molecule has 1 saturated heterocycles. The number of hydrogen-bond donors (Lipinski definition) is 1. The van der Waals surface area contributed by atoms with Gasteiger partial charge < -0.3 is 10.1 Å². The summed E-state index contributed by atoms with van der Waals surface area (Å²) in [6.45, 7) is 2.70. The molecule has 2 atom stereocenters. The van der Waals surface area contributed by atoms with Crippen molar-refractivity contribution < 1.29 is 9.53 Å². The first-order valence-electron chi connectivity index (χ1n) is 7.81. The number of ether oxygens (including phenoxy) is 1. The molecule has 1 aliphatic heterocycles. The Labute approximate surface area is 131 Å². The molecule has 1 N–H and O–H groups in total. The van der Waals surface area contributed by atoms with Crippen molar-refractivity contribution in [3.63, 3.8) is 0 Å². The fourth-order valence-corrected chi connectivity index (χ4v) is 2.77. The van der Waals surface area contributed by atoms with Gasteiger partial charge in [-0.1, -0.05) is 54.6 Å². The van der Waals surface area contributed by atoms with Gasteiger partial charge in [-0.2, -0.15) is 0 Å². The fourth-order valence-electron chi connectivity index (χ4n) is 2.77. The first-order valence-corrected chi connectivity index (χ1v) is 7.81. The standard InChI is InChI=1S/C19H21NO2/c1-14(20-19(21)18-8-5-13-22-18)15-9-11-17(12-10-15)16-6-3-2-4-7-16/h2-4,6-7,9-12,14,18H,5,8,13H2,1H3,(H,20,21)/t14-,18-/m1/s1. The Morgan fingerprint density at radius 1 is 1.09 bits per heavy atom. The lowest BCUT2D eigenvalue weighted by atomic mass is 10.0. The molecule has 2 aromatic carbocycles. The van der Waals surface area contributed by atoms with Gasteiger partial charge in [0.15, 0.2) is 0 Å². The molecular weight excluding hydrogens is 274 g/mol. The second-order valence-corrected chi connectivity index (χ2v) is 5.72. The van der Waals surface area contributed by atoms with Crippen LogP contribution in [0.3, 0.4) is 0 Å². The minimum Gasteiger partial charge on any atom is -0.368 e. The number of benzene rings is 2. The normalized spacial score (nSPS) is 18.9. The SMILES string of the molecule is C[C@@H](NC(=O)[C@H]1CCCO1)c1ccc(-c2ccccc2)cc1. The molecule has 3 nitrogen and oxygen atoms in total. The van der Waals surface area contributed by atoms with Gasteiger partial charge in [-0.3, -0.25) is 4.79 Å². The van der Waals surface area contributed by atoms with Crippen molar-refractivity contribution in [3.8, 4) is 11.1 Å². The van der Waals surface area contributed by atoms with E-state index in [1.165, 1.54) is 11.1 Å². The lowest BCUT2D eigenvalue weighted by Crippen LogP contribution is -2.35. The highest BCUT2D eigenvalue weighted by atomic mass is 16.5. The molecule has 3 heteroatoms. The van der Waals surface area contributed by atoms with Gasteiger partial charge in [-0.15, -0.1) is 0 Å². The van der Waals surface area contributed by atoms with Gasteiger partial charge in [0.2, 0.25) is 5.91 Å². The maximum absolute atomic E-state index is 12.1. The molecule has 0 saturated carbocycles. The third-order valence-electron chi connectivity index (χ3n) is 4.10. The average molecular weight is 295 g/mol. The first kappa shape index (κ1) is 14.8. The number of carbonyl (C=O) groups is 1. The van der Waals surface area contributed by atoms with Crippen molar-refractivity contribution in [2.45, 2.75) is 31.9 Å². The molecule has 1 amide bonds. The van der Waals surface area contributed by atoms with Crippen LogP contribution >= 0.6 is 0 Å². The van der Waals surface area contributed by atoms with E-state index in [9.17, 15) is 4.79 Å². The van der Waals surface area contributed by atoms with E-state index in [2.05, 4.69) is 41.7 Å². The maximum Gasteiger partial charge on any atom is 0.249 e. The van der Waals surface area contributed by atoms with Crippen molar-refractivity contribution in [2.24, 2.45) is 0 Å². The van der Waals surface area contributed by atoms with Crippen LogP contribution in [-0.4, -0.2) is 18.6 Å². The van der Waals surface area contributed by atoms with E-state index in [4.69, 9.17) is 4.74 Å². The molecule has 0 spiro atoms. The number of hydrogen-bond acceptors (Lipinski definition) is 2. The van der Waals surface area contributed by atoms with Crippen molar-refractivity contribution in [1.82, 2.24) is 5.32 Å². The lowest BCUT2D eigenvalue weighted by molar-refractivity contribution is -0.130. The molecule has 1 heterocycles. The van der Waals surface area contributed by atoms with E-state index in [1.807, 2.05) is 25.1 Å². The average Bonchev–Trinajstić information content (AvgIpc) is 3.10. The van der Waals surface area contributed by atoms with Gasteiger partial charge in [0.1, 0.15) is 6.10 Å². The number of amides is 1. The highest BCUT2D eigenvalue weighted by molar-refractivity contribution is 5.81. The van der Waals surface area contributed by atoms with Crippen LogP contribution in [0.1, 0.15) is 31.4 Å². The minimum atomic E-state index is -0.272. The smallest absolute Gasteiger partial charge is 0.249 e. The van der Waals surface area contributed by atoms with Crippen molar-refractivity contribution >= 4 is 5.91 Å². The molecule has 0 aromatic heterocycles. The summed E-state index contributed by atoms with van der Waals surface area (Å²) in [6.07, 6.45) is 1.52. The molecular formula is C19H21NO2. The van der Waals surface area contributed by atoms with Crippen molar-refractivity contribution in [1.29, 1.82) is 0 Å². The third-order valence-corrected chi connectivity index (χ3v) is 4.10. The maximum atomic E-state index is 12.1. The summed E-state index contributed by atoms with van der Waals surface area (Å²) in [5, 5.41) is 3.03. The van der Waals surface area contributed by atoms with Crippen LogP contribution < -0.4 is 5.32 Å². The largest absolute Gasteiger partial charge is 0.368 e. The highest BCUT2D eigenvalue weighted by Crippen LogP contribution is 2.22. The van der Waals surface area contributed by atoms with Gasteiger partial charge in [-0.25, -0.2) is 0 Å². The van der Waals surface area contributed by atoms with Crippen molar-refractivity contribution in [2.75, 3.05) is 6.61 Å². The highest BCUT2D eigenvalue weighted by Gasteiger charge is 2.24. The van der Waals surface area contributed by atoms with E-state index < -0.39 is 0 Å². The monoisotopic (exact) mass is 295 g/mol. The molecule has 1 aliphatic rings. The molecule has 3 rings (SSSR count). The summed E-state index contributed by atoms with van der Waals surface area (Å²) in [6, 6.07) is 18.6. The van der Waals surface area contributed by atoms with Gasteiger partial charge in [0, 0.05) is 6.61 Å². The zero-order valence-electron chi connectivity index (χ0n) is 12.8. The minimum absolute atomic E-state index is 0.00265. The quantitative estimate of drug-likeness (QED) is 0.933. The fraction of sp³-hybridized carbons (Fsp3) is 0.316. The van der Waals surface area contributed by atoms with Crippen LogP contribution in [0.5, 0.6) is 0 Å². The summed E-state index contributed by atoms with van der Waals surface area (Å²) in [7, 11) is 0. The number of carbonyl (C=O) groups excluding carboxylic acids is 1. The predicted molar refractivity (Wildman–Crippen MR) is 87.4 cm³/mol. The predicted octanol–water partition coefficient (Wildman–Crippen LogP) is 3.71. The van der Waals surface area contributed by atoms with Crippen LogP contribution in [0.2, 0.25) is 0 Å². The van der Waals surface area contributed by atoms with Gasteiger partial charge in [-0.05, 0) is 36.5 Å². The Hall–Kier alpha value is -2.13. The zero-order valence-corrected chi connectivity index (χ0v) is 12.8. The molecule has 1 fully saturated rings. The Morgan fingerprint density at radius 2 is 1.77 bits per heavy atom. The second kappa shape index (κ2) is 6.75. The summed E-state index contributed by atoms with van der Waals surface area (Å²) in [5.41, 5.74) is 3.48. The van der Waals surface area contributed by atoms with Crippen LogP contribution in [0.25, 0.3) is 11.1 Å². The topological polar surface area (TPSA) is 38.3 Å².